The van der Waals surface area contributed by atoms with E-state index in [2.05, 4.69) is 15.8 Å². The van der Waals surface area contributed by atoms with E-state index in [1.165, 1.54) is 25.5 Å². The summed E-state index contributed by atoms with van der Waals surface area (Å²) in [5.74, 6) is -1.52. The smallest absolute Gasteiger partial charge is 0.338 e. The van der Waals surface area contributed by atoms with Gasteiger partial charge in [-0.25, -0.2) is 4.79 Å². The Hall–Kier alpha value is -4.42. The van der Waals surface area contributed by atoms with Gasteiger partial charge in [0.1, 0.15) is 5.75 Å². The number of amides is 1. The van der Waals surface area contributed by atoms with Crippen LogP contribution in [0.1, 0.15) is 27.6 Å². The number of hydrazine groups is 1. The molecule has 3 aromatic rings. The molecule has 0 heterocycles. The van der Waals surface area contributed by atoms with Crippen LogP contribution < -0.4 is 20.6 Å². The van der Waals surface area contributed by atoms with Crippen molar-refractivity contribution in [2.24, 2.45) is 5.10 Å². The summed E-state index contributed by atoms with van der Waals surface area (Å²) in [6, 6.07) is 16.5. The fraction of sp³-hybridized carbons (Fsp3) is 0.0870. The molecule has 0 saturated heterocycles. The standard InChI is InChI=1S/C23H22N4O7S/c1-3-24-27(20-11-10-17(35(31,32)33)14-18(20)23(29)30)26-19-13-15(9-12-21(19)34-2)22(28)25-16-7-5-4-6-8-16/h3-14,26H,1-2H3,(H,25,28)(H,29,30)(H,31,32,33). The summed E-state index contributed by atoms with van der Waals surface area (Å²) in [4.78, 5) is 24.0. The van der Waals surface area contributed by atoms with Gasteiger partial charge in [-0.2, -0.15) is 18.6 Å². The molecule has 1 amide bonds. The Kier molecular flexibility index (Phi) is 7.69. The van der Waals surface area contributed by atoms with Gasteiger partial charge in [0.05, 0.1) is 28.9 Å². The lowest BCUT2D eigenvalue weighted by atomic mass is 10.1. The highest BCUT2D eigenvalue weighted by Crippen LogP contribution is 2.30. The van der Waals surface area contributed by atoms with Crippen LogP contribution in [0.5, 0.6) is 5.75 Å². The van der Waals surface area contributed by atoms with E-state index < -0.39 is 32.5 Å². The van der Waals surface area contributed by atoms with Crippen molar-refractivity contribution in [3.63, 3.8) is 0 Å². The molecule has 35 heavy (non-hydrogen) atoms. The van der Waals surface area contributed by atoms with E-state index in [1.54, 1.807) is 43.3 Å². The minimum atomic E-state index is -4.63. The van der Waals surface area contributed by atoms with Crippen LogP contribution in [0.4, 0.5) is 17.1 Å². The summed E-state index contributed by atoms with van der Waals surface area (Å²) in [6.45, 7) is 1.59. The minimum Gasteiger partial charge on any atom is -0.495 e. The Bertz CT molecular complexity index is 1380. The Morgan fingerprint density at radius 2 is 1.77 bits per heavy atom. The van der Waals surface area contributed by atoms with E-state index >= 15 is 0 Å². The first-order chi connectivity index (χ1) is 16.6. The second kappa shape index (κ2) is 10.7. The molecule has 0 bridgehead atoms. The number of methoxy groups -OCH3 is 1. The van der Waals surface area contributed by atoms with Crippen LogP contribution in [0.15, 0.2) is 76.7 Å². The highest BCUT2D eigenvalue weighted by Gasteiger charge is 2.22. The molecule has 3 aromatic carbocycles. The number of carboxylic acid groups (broad SMARTS) is 1. The third-order valence-electron chi connectivity index (χ3n) is 4.68. The number of aromatic carboxylic acids is 1. The average Bonchev–Trinajstić information content (AvgIpc) is 2.83. The molecule has 12 heteroatoms. The molecule has 182 valence electrons. The number of hydrogen-bond donors (Lipinski definition) is 4. The molecule has 0 saturated carbocycles. The van der Waals surface area contributed by atoms with Crippen molar-refractivity contribution in [3.05, 3.63) is 77.9 Å². The molecular formula is C23H22N4O7S. The minimum absolute atomic E-state index is 0.0378. The van der Waals surface area contributed by atoms with E-state index in [9.17, 15) is 27.7 Å². The van der Waals surface area contributed by atoms with Crippen LogP contribution in [0.3, 0.4) is 0 Å². The number of rotatable bonds is 9. The first kappa shape index (κ1) is 25.2. The van der Waals surface area contributed by atoms with Crippen LogP contribution in [-0.2, 0) is 10.1 Å². The van der Waals surface area contributed by atoms with Gasteiger partial charge in [0.15, 0.2) is 0 Å². The fourth-order valence-electron chi connectivity index (χ4n) is 3.07. The van der Waals surface area contributed by atoms with E-state index in [-0.39, 0.29) is 16.9 Å². The van der Waals surface area contributed by atoms with Crippen LogP contribution in [-0.4, -0.2) is 43.3 Å². The summed E-state index contributed by atoms with van der Waals surface area (Å²) >= 11 is 0. The second-order valence-corrected chi connectivity index (χ2v) is 8.41. The van der Waals surface area contributed by atoms with Gasteiger partial charge >= 0.3 is 5.97 Å². The zero-order valence-corrected chi connectivity index (χ0v) is 19.5. The van der Waals surface area contributed by atoms with Crippen LogP contribution >= 0.6 is 0 Å². The maximum atomic E-state index is 12.7. The number of para-hydroxylation sites is 1. The van der Waals surface area contributed by atoms with Crippen molar-refractivity contribution >= 4 is 45.3 Å². The first-order valence-electron chi connectivity index (χ1n) is 10.1. The number of nitrogens with zero attached hydrogens (tertiary/aromatic N) is 2. The van der Waals surface area contributed by atoms with Crippen LogP contribution in [0, 0.1) is 0 Å². The number of hydrazone groups is 1. The summed E-state index contributed by atoms with van der Waals surface area (Å²) in [5, 5.41) is 17.6. The second-order valence-electron chi connectivity index (χ2n) is 6.99. The average molecular weight is 499 g/mol. The number of hydrogen-bond acceptors (Lipinski definition) is 8. The molecule has 3 rings (SSSR count). The molecule has 0 fully saturated rings. The number of anilines is 3. The van der Waals surface area contributed by atoms with Gasteiger partial charge in [0.2, 0.25) is 0 Å². The van der Waals surface area contributed by atoms with Gasteiger partial charge in [0.25, 0.3) is 16.0 Å². The van der Waals surface area contributed by atoms with Gasteiger partial charge in [-0.1, -0.05) is 18.2 Å². The van der Waals surface area contributed by atoms with Crippen molar-refractivity contribution in [3.8, 4) is 5.75 Å². The molecular weight excluding hydrogens is 476 g/mol. The van der Waals surface area contributed by atoms with Crippen molar-refractivity contribution in [2.75, 3.05) is 23.0 Å². The van der Waals surface area contributed by atoms with Gasteiger partial charge in [-0.15, -0.1) is 0 Å². The number of carbonyl (C=O) groups is 2. The van der Waals surface area contributed by atoms with Gasteiger partial charge in [-0.05, 0) is 55.5 Å². The molecule has 4 N–H and O–H groups in total. The summed E-state index contributed by atoms with van der Waals surface area (Å²) in [5.41, 5.74) is 3.55. The maximum absolute atomic E-state index is 12.7. The lowest BCUT2D eigenvalue weighted by Crippen LogP contribution is -2.27. The summed E-state index contributed by atoms with van der Waals surface area (Å²) < 4.78 is 37.6. The predicted molar refractivity (Wildman–Crippen MR) is 131 cm³/mol. The van der Waals surface area contributed by atoms with Crippen molar-refractivity contribution in [2.45, 2.75) is 11.8 Å². The number of benzene rings is 3. The number of carbonyl (C=O) groups excluding carboxylic acids is 1. The van der Waals surface area contributed by atoms with E-state index in [0.29, 0.717) is 11.4 Å². The first-order valence-corrected chi connectivity index (χ1v) is 11.5. The Labute approximate surface area is 201 Å². The van der Waals surface area contributed by atoms with Crippen molar-refractivity contribution < 1.29 is 32.4 Å². The van der Waals surface area contributed by atoms with Crippen molar-refractivity contribution in [1.82, 2.24) is 0 Å². The number of carboxylic acids is 1. The van der Waals surface area contributed by atoms with E-state index in [1.807, 2.05) is 6.07 Å². The van der Waals surface area contributed by atoms with Crippen LogP contribution in [0.2, 0.25) is 0 Å². The van der Waals surface area contributed by atoms with Gasteiger partial charge in [-0.3, -0.25) is 14.8 Å². The molecule has 0 spiro atoms. The highest BCUT2D eigenvalue weighted by atomic mass is 32.2. The zero-order valence-electron chi connectivity index (χ0n) is 18.7. The molecule has 11 nitrogen and oxygen atoms in total. The van der Waals surface area contributed by atoms with Gasteiger partial charge < -0.3 is 15.2 Å². The lowest BCUT2D eigenvalue weighted by Gasteiger charge is -2.24. The van der Waals surface area contributed by atoms with Crippen LogP contribution in [0.25, 0.3) is 0 Å². The molecule has 0 aliphatic heterocycles. The zero-order chi connectivity index (χ0) is 25.6. The normalized spacial score (nSPS) is 11.2. The molecule has 0 radical (unpaired) electrons. The van der Waals surface area contributed by atoms with Crippen molar-refractivity contribution in [1.29, 1.82) is 0 Å². The molecule has 0 aliphatic rings. The summed E-state index contributed by atoms with van der Waals surface area (Å²) in [6.07, 6.45) is 1.37. The maximum Gasteiger partial charge on any atom is 0.338 e. The molecule has 0 aromatic heterocycles. The monoisotopic (exact) mass is 498 g/mol. The Morgan fingerprint density at radius 3 is 2.37 bits per heavy atom. The topological polar surface area (TPSA) is 158 Å². The Morgan fingerprint density at radius 1 is 1.06 bits per heavy atom. The fourth-order valence-corrected chi connectivity index (χ4v) is 3.58. The Balaban J connectivity index is 2.00. The quantitative estimate of drug-likeness (QED) is 0.196. The lowest BCUT2D eigenvalue weighted by molar-refractivity contribution is 0.0697. The van der Waals surface area contributed by atoms with E-state index in [4.69, 9.17) is 4.74 Å². The predicted octanol–water partition coefficient (Wildman–Crippen LogP) is 3.73. The molecule has 0 aliphatic carbocycles. The summed E-state index contributed by atoms with van der Waals surface area (Å²) in [7, 11) is -3.21. The third kappa shape index (κ3) is 6.13. The SMILES string of the molecule is CC=NN(Nc1cc(C(=O)Nc2ccccc2)ccc1OC)c1ccc(S(=O)(=O)O)cc1C(=O)O. The van der Waals surface area contributed by atoms with E-state index in [0.717, 1.165) is 17.3 Å². The third-order valence-corrected chi connectivity index (χ3v) is 5.52. The highest BCUT2D eigenvalue weighted by molar-refractivity contribution is 7.85. The number of nitrogens with one attached hydrogen (secondary N) is 2. The molecule has 0 atom stereocenters. The van der Waals surface area contributed by atoms with Gasteiger partial charge in [0, 0.05) is 17.5 Å². The number of ether oxygens (including phenoxy) is 1. The largest absolute Gasteiger partial charge is 0.495 e. The molecule has 0 unspecified atom stereocenters.